The lowest BCUT2D eigenvalue weighted by Crippen LogP contribution is -2.19. The van der Waals surface area contributed by atoms with Crippen molar-refractivity contribution < 1.29 is 9.53 Å². The third-order valence-corrected chi connectivity index (χ3v) is 4.36. The molecule has 1 aromatic heterocycles. The minimum atomic E-state index is -0.353. The Bertz CT molecular complexity index is 877. The molecule has 3 aromatic rings. The number of benzene rings is 2. The van der Waals surface area contributed by atoms with E-state index >= 15 is 0 Å². The fourth-order valence-electron chi connectivity index (χ4n) is 2.23. The molecule has 0 aliphatic carbocycles. The van der Waals surface area contributed by atoms with Gasteiger partial charge >= 0.3 is 6.03 Å². The number of carbonyl (C=O) groups is 1. The second-order valence-corrected chi connectivity index (χ2v) is 7.11. The Morgan fingerprint density at radius 2 is 1.77 bits per heavy atom. The van der Waals surface area contributed by atoms with Crippen molar-refractivity contribution in [3.05, 3.63) is 58.9 Å². The number of nitrogens with zero attached hydrogens (tertiary/aromatic N) is 1. The number of thiazole rings is 1. The molecule has 0 saturated heterocycles. The van der Waals surface area contributed by atoms with Gasteiger partial charge in [0.15, 0.2) is 5.13 Å². The predicted molar refractivity (Wildman–Crippen MR) is 107 cm³/mol. The predicted octanol–water partition coefficient (Wildman–Crippen LogP) is 5.89. The van der Waals surface area contributed by atoms with E-state index in [4.69, 9.17) is 16.3 Å². The molecule has 134 valence electrons. The molecule has 0 bridgehead atoms. The largest absolute Gasteiger partial charge is 0.491 e. The number of hydrogen-bond acceptors (Lipinski definition) is 4. The van der Waals surface area contributed by atoms with Crippen molar-refractivity contribution in [1.82, 2.24) is 4.98 Å². The van der Waals surface area contributed by atoms with E-state index < -0.39 is 0 Å². The molecule has 5 nitrogen and oxygen atoms in total. The smallest absolute Gasteiger partial charge is 0.325 e. The van der Waals surface area contributed by atoms with Crippen LogP contribution in [0.3, 0.4) is 0 Å². The number of hydrogen-bond donors (Lipinski definition) is 2. The highest BCUT2D eigenvalue weighted by Crippen LogP contribution is 2.27. The zero-order valence-corrected chi connectivity index (χ0v) is 15.9. The number of ether oxygens (including phenoxy) is 1. The zero-order chi connectivity index (χ0) is 18.5. The molecule has 3 rings (SSSR count). The summed E-state index contributed by atoms with van der Waals surface area (Å²) >= 11 is 7.19. The first-order valence-electron chi connectivity index (χ1n) is 8.06. The second kappa shape index (κ2) is 8.21. The normalized spacial score (nSPS) is 10.6. The van der Waals surface area contributed by atoms with E-state index in [9.17, 15) is 4.79 Å². The van der Waals surface area contributed by atoms with Gasteiger partial charge in [-0.3, -0.25) is 5.32 Å². The van der Waals surface area contributed by atoms with E-state index in [0.717, 1.165) is 17.0 Å². The van der Waals surface area contributed by atoms with Crippen molar-refractivity contribution in [2.45, 2.75) is 20.0 Å². The first-order chi connectivity index (χ1) is 12.5. The third kappa shape index (κ3) is 4.97. The Morgan fingerprint density at radius 3 is 2.42 bits per heavy atom. The summed E-state index contributed by atoms with van der Waals surface area (Å²) < 4.78 is 5.64. The molecule has 2 amide bonds. The van der Waals surface area contributed by atoms with Gasteiger partial charge < -0.3 is 10.1 Å². The van der Waals surface area contributed by atoms with Crippen LogP contribution in [0.5, 0.6) is 5.75 Å². The van der Waals surface area contributed by atoms with E-state index in [-0.39, 0.29) is 12.1 Å². The van der Waals surface area contributed by atoms with Gasteiger partial charge in [-0.25, -0.2) is 9.78 Å². The summed E-state index contributed by atoms with van der Waals surface area (Å²) in [4.78, 5) is 16.5. The van der Waals surface area contributed by atoms with Gasteiger partial charge in [0.1, 0.15) is 5.75 Å². The lowest BCUT2D eigenvalue weighted by Gasteiger charge is -2.09. The van der Waals surface area contributed by atoms with E-state index in [1.165, 1.54) is 11.3 Å². The minimum absolute atomic E-state index is 0.134. The second-order valence-electron chi connectivity index (χ2n) is 5.81. The molecule has 0 atom stereocenters. The Hall–Kier alpha value is -2.57. The number of urea groups is 1. The fourth-order valence-corrected chi connectivity index (χ4v) is 3.07. The maximum Gasteiger partial charge on any atom is 0.325 e. The molecule has 26 heavy (non-hydrogen) atoms. The highest BCUT2D eigenvalue weighted by atomic mass is 35.5. The van der Waals surface area contributed by atoms with Crippen LogP contribution < -0.4 is 15.4 Å². The third-order valence-electron chi connectivity index (χ3n) is 3.35. The maximum absolute atomic E-state index is 12.1. The van der Waals surface area contributed by atoms with Crippen LogP contribution in [0.15, 0.2) is 53.9 Å². The summed E-state index contributed by atoms with van der Waals surface area (Å²) in [5.41, 5.74) is 2.42. The maximum atomic E-state index is 12.1. The summed E-state index contributed by atoms with van der Waals surface area (Å²) in [5.74, 6) is 0.819. The standard InChI is InChI=1S/C19H18ClN3O2S/c1-12(2)25-16-9-3-13(4-10-16)17-11-26-19(22-17)23-18(24)21-15-7-5-14(20)6-8-15/h3-12H,1-2H3,(H2,21,22,23,24). The summed E-state index contributed by atoms with van der Waals surface area (Å²) in [6.45, 7) is 3.97. The summed E-state index contributed by atoms with van der Waals surface area (Å²) in [6, 6.07) is 14.3. The van der Waals surface area contributed by atoms with Crippen LogP contribution in [0.1, 0.15) is 13.8 Å². The molecule has 0 spiro atoms. The molecule has 2 aromatic carbocycles. The van der Waals surface area contributed by atoms with Gasteiger partial charge in [-0.05, 0) is 62.4 Å². The van der Waals surface area contributed by atoms with Crippen LogP contribution in [0.25, 0.3) is 11.3 Å². The lowest BCUT2D eigenvalue weighted by atomic mass is 10.2. The first-order valence-corrected chi connectivity index (χ1v) is 9.31. The quantitative estimate of drug-likeness (QED) is 0.573. The van der Waals surface area contributed by atoms with E-state index in [2.05, 4.69) is 15.6 Å². The Labute approximate surface area is 161 Å². The van der Waals surface area contributed by atoms with Gasteiger partial charge in [0.25, 0.3) is 0 Å². The molecule has 0 radical (unpaired) electrons. The molecule has 2 N–H and O–H groups in total. The van der Waals surface area contributed by atoms with Crippen LogP contribution in [0.2, 0.25) is 5.02 Å². The Kier molecular flexibility index (Phi) is 5.75. The summed E-state index contributed by atoms with van der Waals surface area (Å²) in [7, 11) is 0. The number of nitrogens with one attached hydrogen (secondary N) is 2. The highest BCUT2D eigenvalue weighted by Gasteiger charge is 2.09. The molecular formula is C19H18ClN3O2S. The van der Waals surface area contributed by atoms with Crippen molar-refractivity contribution in [1.29, 1.82) is 0 Å². The van der Waals surface area contributed by atoms with Crippen LogP contribution in [0, 0.1) is 0 Å². The van der Waals surface area contributed by atoms with Gasteiger partial charge in [0.05, 0.1) is 11.8 Å². The van der Waals surface area contributed by atoms with Crippen molar-refractivity contribution in [3.63, 3.8) is 0 Å². The van der Waals surface area contributed by atoms with Crippen molar-refractivity contribution in [2.75, 3.05) is 10.6 Å². The molecule has 0 aliphatic heterocycles. The van der Waals surface area contributed by atoms with Crippen LogP contribution >= 0.6 is 22.9 Å². The van der Waals surface area contributed by atoms with Gasteiger partial charge in [-0.15, -0.1) is 11.3 Å². The molecule has 0 saturated carbocycles. The van der Waals surface area contributed by atoms with Gasteiger partial charge in [-0.1, -0.05) is 11.6 Å². The lowest BCUT2D eigenvalue weighted by molar-refractivity contribution is 0.242. The van der Waals surface area contributed by atoms with E-state index in [1.807, 2.05) is 43.5 Å². The van der Waals surface area contributed by atoms with Crippen LogP contribution in [-0.4, -0.2) is 17.1 Å². The monoisotopic (exact) mass is 387 g/mol. The van der Waals surface area contributed by atoms with Crippen LogP contribution in [-0.2, 0) is 0 Å². The fraction of sp³-hybridized carbons (Fsp3) is 0.158. The summed E-state index contributed by atoms with van der Waals surface area (Å²) in [5, 5.41) is 8.50. The molecule has 0 fully saturated rings. The highest BCUT2D eigenvalue weighted by molar-refractivity contribution is 7.14. The molecule has 1 heterocycles. The van der Waals surface area contributed by atoms with Crippen molar-refractivity contribution in [2.24, 2.45) is 0 Å². The Morgan fingerprint density at radius 1 is 1.08 bits per heavy atom. The Balaban J connectivity index is 1.62. The van der Waals surface area contributed by atoms with E-state index in [1.54, 1.807) is 24.3 Å². The van der Waals surface area contributed by atoms with Gasteiger partial charge in [0.2, 0.25) is 0 Å². The van der Waals surface area contributed by atoms with Gasteiger partial charge in [-0.2, -0.15) is 0 Å². The first kappa shape index (κ1) is 18.2. The van der Waals surface area contributed by atoms with Crippen molar-refractivity contribution >= 4 is 39.8 Å². The molecule has 0 aliphatic rings. The average molecular weight is 388 g/mol. The summed E-state index contributed by atoms with van der Waals surface area (Å²) in [6.07, 6.45) is 0.134. The number of rotatable bonds is 5. The molecule has 7 heteroatoms. The number of anilines is 2. The molecular weight excluding hydrogens is 370 g/mol. The number of carbonyl (C=O) groups excluding carboxylic acids is 1. The van der Waals surface area contributed by atoms with Crippen molar-refractivity contribution in [3.8, 4) is 17.0 Å². The van der Waals surface area contributed by atoms with Crippen LogP contribution in [0.4, 0.5) is 15.6 Å². The number of amides is 2. The zero-order valence-electron chi connectivity index (χ0n) is 14.3. The molecule has 0 unspecified atom stereocenters. The SMILES string of the molecule is CC(C)Oc1ccc(-c2csc(NC(=O)Nc3ccc(Cl)cc3)n2)cc1. The topological polar surface area (TPSA) is 63.2 Å². The van der Waals surface area contributed by atoms with E-state index in [0.29, 0.717) is 15.8 Å². The number of aromatic nitrogens is 1. The number of halogens is 1. The minimum Gasteiger partial charge on any atom is -0.491 e. The van der Waals surface area contributed by atoms with Gasteiger partial charge in [0, 0.05) is 21.7 Å². The average Bonchev–Trinajstić information content (AvgIpc) is 3.05.